The van der Waals surface area contributed by atoms with E-state index in [1.807, 2.05) is 31.2 Å². The molecular weight excluding hydrogens is 178 g/mol. The Morgan fingerprint density at radius 2 is 2.29 bits per heavy atom. The Balaban J connectivity index is 2.73. The summed E-state index contributed by atoms with van der Waals surface area (Å²) in [7, 11) is 0. The van der Waals surface area contributed by atoms with Crippen molar-refractivity contribution in [3.8, 4) is 5.75 Å². The largest absolute Gasteiger partial charge is 0.494 e. The van der Waals surface area contributed by atoms with Gasteiger partial charge in [-0.1, -0.05) is 17.3 Å². The minimum Gasteiger partial charge on any atom is -0.494 e. The van der Waals surface area contributed by atoms with Crippen molar-refractivity contribution in [2.24, 2.45) is 5.16 Å². The van der Waals surface area contributed by atoms with Crippen LogP contribution in [0.3, 0.4) is 0 Å². The molecule has 0 saturated heterocycles. The van der Waals surface area contributed by atoms with Crippen molar-refractivity contribution in [1.29, 1.82) is 0 Å². The van der Waals surface area contributed by atoms with E-state index >= 15 is 0 Å². The highest BCUT2D eigenvalue weighted by Gasteiger charge is 1.98. The van der Waals surface area contributed by atoms with Gasteiger partial charge in [-0.3, -0.25) is 0 Å². The Morgan fingerprint density at radius 1 is 1.50 bits per heavy atom. The van der Waals surface area contributed by atoms with E-state index in [-0.39, 0.29) is 0 Å². The summed E-state index contributed by atoms with van der Waals surface area (Å²) in [5.74, 6) is 0.857. The zero-order chi connectivity index (χ0) is 10.4. The molecule has 76 valence electrons. The van der Waals surface area contributed by atoms with Gasteiger partial charge in [0.05, 0.1) is 12.3 Å². The number of hydrogen-bond acceptors (Lipinski definition) is 3. The first kappa shape index (κ1) is 10.6. The number of rotatable bonds is 4. The fourth-order valence-electron chi connectivity index (χ4n) is 1.24. The molecule has 1 aromatic rings. The summed E-state index contributed by atoms with van der Waals surface area (Å²) in [4.78, 5) is 0. The zero-order valence-corrected chi connectivity index (χ0v) is 8.53. The lowest BCUT2D eigenvalue weighted by Crippen LogP contribution is -1.98. The minimum atomic E-state index is 0.650. The van der Waals surface area contributed by atoms with Crippen molar-refractivity contribution in [3.63, 3.8) is 0 Å². The van der Waals surface area contributed by atoms with Gasteiger partial charge in [0.25, 0.3) is 0 Å². The molecule has 1 aromatic carbocycles. The Labute approximate surface area is 84.0 Å². The van der Waals surface area contributed by atoms with Crippen LogP contribution in [0.1, 0.15) is 19.4 Å². The van der Waals surface area contributed by atoms with Gasteiger partial charge in [-0.2, -0.15) is 0 Å². The molecule has 0 atom stereocenters. The van der Waals surface area contributed by atoms with Gasteiger partial charge in [0.2, 0.25) is 0 Å². The molecule has 0 radical (unpaired) electrons. The molecule has 0 amide bonds. The van der Waals surface area contributed by atoms with Crippen LogP contribution in [0, 0.1) is 0 Å². The van der Waals surface area contributed by atoms with E-state index < -0.39 is 0 Å². The Kier molecular flexibility index (Phi) is 3.98. The van der Waals surface area contributed by atoms with Crippen molar-refractivity contribution < 1.29 is 9.94 Å². The fraction of sp³-hybridized carbons (Fsp3) is 0.364. The van der Waals surface area contributed by atoms with Crippen LogP contribution in [0.25, 0.3) is 0 Å². The van der Waals surface area contributed by atoms with Crippen molar-refractivity contribution in [3.05, 3.63) is 29.8 Å². The molecule has 0 saturated carbocycles. The maximum absolute atomic E-state index is 8.53. The van der Waals surface area contributed by atoms with Crippen LogP contribution in [0.4, 0.5) is 0 Å². The molecule has 1 rings (SSSR count). The van der Waals surface area contributed by atoms with Crippen LogP contribution >= 0.6 is 0 Å². The maximum Gasteiger partial charge on any atom is 0.119 e. The van der Waals surface area contributed by atoms with Gasteiger partial charge in [-0.05, 0) is 31.5 Å². The highest BCUT2D eigenvalue weighted by atomic mass is 16.5. The third-order valence-corrected chi connectivity index (χ3v) is 1.84. The third kappa shape index (κ3) is 3.09. The maximum atomic E-state index is 8.53. The molecule has 0 aromatic heterocycles. The van der Waals surface area contributed by atoms with Gasteiger partial charge in [0, 0.05) is 6.42 Å². The molecule has 3 nitrogen and oxygen atoms in total. The van der Waals surface area contributed by atoms with Gasteiger partial charge in [0.15, 0.2) is 0 Å². The molecule has 0 unspecified atom stereocenters. The standard InChI is InChI=1S/C11H15NO2/c1-3-14-11-6-4-5-10(8-11)7-9(2)12-13/h4-6,8,13H,3,7H2,1-2H3/b12-9+. The molecule has 0 aliphatic rings. The van der Waals surface area contributed by atoms with Crippen molar-refractivity contribution in [2.75, 3.05) is 6.61 Å². The Bertz CT molecular complexity index is 321. The topological polar surface area (TPSA) is 41.8 Å². The van der Waals surface area contributed by atoms with Crippen LogP contribution < -0.4 is 4.74 Å². The third-order valence-electron chi connectivity index (χ3n) is 1.84. The van der Waals surface area contributed by atoms with E-state index in [0.717, 1.165) is 11.3 Å². The average Bonchev–Trinajstić information content (AvgIpc) is 2.19. The monoisotopic (exact) mass is 193 g/mol. The van der Waals surface area contributed by atoms with Crippen LogP contribution in [-0.4, -0.2) is 17.5 Å². The summed E-state index contributed by atoms with van der Waals surface area (Å²) in [5.41, 5.74) is 1.78. The van der Waals surface area contributed by atoms with Crippen LogP contribution in [-0.2, 0) is 6.42 Å². The number of nitrogens with zero attached hydrogens (tertiary/aromatic N) is 1. The van der Waals surface area contributed by atoms with Gasteiger partial charge in [0.1, 0.15) is 5.75 Å². The van der Waals surface area contributed by atoms with E-state index in [0.29, 0.717) is 18.7 Å². The molecule has 3 heteroatoms. The van der Waals surface area contributed by atoms with E-state index in [1.165, 1.54) is 0 Å². The SMILES string of the molecule is CCOc1cccc(C/C(C)=N/O)c1. The first-order valence-corrected chi connectivity index (χ1v) is 4.65. The smallest absolute Gasteiger partial charge is 0.119 e. The number of oxime groups is 1. The van der Waals surface area contributed by atoms with Gasteiger partial charge < -0.3 is 9.94 Å². The first-order chi connectivity index (χ1) is 6.76. The normalized spacial score (nSPS) is 11.4. The van der Waals surface area contributed by atoms with Crippen molar-refractivity contribution in [1.82, 2.24) is 0 Å². The molecular formula is C11H15NO2. The first-order valence-electron chi connectivity index (χ1n) is 4.65. The second-order valence-electron chi connectivity index (χ2n) is 3.09. The summed E-state index contributed by atoms with van der Waals surface area (Å²) >= 11 is 0. The Morgan fingerprint density at radius 3 is 2.93 bits per heavy atom. The van der Waals surface area contributed by atoms with Gasteiger partial charge in [-0.15, -0.1) is 0 Å². The Hall–Kier alpha value is -1.51. The zero-order valence-electron chi connectivity index (χ0n) is 8.53. The van der Waals surface area contributed by atoms with Gasteiger partial charge in [-0.25, -0.2) is 0 Å². The lowest BCUT2D eigenvalue weighted by atomic mass is 10.1. The van der Waals surface area contributed by atoms with Crippen molar-refractivity contribution in [2.45, 2.75) is 20.3 Å². The quantitative estimate of drug-likeness (QED) is 0.453. The van der Waals surface area contributed by atoms with E-state index in [2.05, 4.69) is 5.16 Å². The fourth-order valence-corrected chi connectivity index (χ4v) is 1.24. The van der Waals surface area contributed by atoms with E-state index in [9.17, 15) is 0 Å². The van der Waals surface area contributed by atoms with Crippen molar-refractivity contribution >= 4 is 5.71 Å². The lowest BCUT2D eigenvalue weighted by molar-refractivity contribution is 0.317. The summed E-state index contributed by atoms with van der Waals surface area (Å²) in [6, 6.07) is 7.79. The van der Waals surface area contributed by atoms with Gasteiger partial charge >= 0.3 is 0 Å². The van der Waals surface area contributed by atoms with E-state index in [4.69, 9.17) is 9.94 Å². The second-order valence-corrected chi connectivity index (χ2v) is 3.09. The van der Waals surface area contributed by atoms with Crippen LogP contribution in [0.2, 0.25) is 0 Å². The van der Waals surface area contributed by atoms with Crippen LogP contribution in [0.15, 0.2) is 29.4 Å². The molecule has 0 aliphatic carbocycles. The second kappa shape index (κ2) is 5.27. The summed E-state index contributed by atoms with van der Waals surface area (Å²) < 4.78 is 5.36. The molecule has 0 aliphatic heterocycles. The minimum absolute atomic E-state index is 0.650. The molecule has 14 heavy (non-hydrogen) atoms. The molecule has 1 N–H and O–H groups in total. The highest BCUT2D eigenvalue weighted by molar-refractivity contribution is 5.83. The summed E-state index contributed by atoms with van der Waals surface area (Å²) in [6.45, 7) is 4.40. The van der Waals surface area contributed by atoms with Crippen LogP contribution in [0.5, 0.6) is 5.75 Å². The molecule has 0 bridgehead atoms. The number of hydrogen-bond donors (Lipinski definition) is 1. The summed E-state index contributed by atoms with van der Waals surface area (Å²) in [5, 5.41) is 11.7. The number of ether oxygens (including phenoxy) is 1. The molecule has 0 heterocycles. The lowest BCUT2D eigenvalue weighted by Gasteiger charge is -2.05. The number of benzene rings is 1. The predicted octanol–water partition coefficient (Wildman–Crippen LogP) is 2.48. The average molecular weight is 193 g/mol. The highest BCUT2D eigenvalue weighted by Crippen LogP contribution is 2.13. The molecule has 0 spiro atoms. The van der Waals surface area contributed by atoms with E-state index in [1.54, 1.807) is 6.92 Å². The predicted molar refractivity (Wildman–Crippen MR) is 56.2 cm³/mol. The summed E-state index contributed by atoms with van der Waals surface area (Å²) in [6.07, 6.45) is 0.650. The molecule has 0 fully saturated rings.